The van der Waals surface area contributed by atoms with Gasteiger partial charge in [0.05, 0.1) is 0 Å². The predicted molar refractivity (Wildman–Crippen MR) is 99.5 cm³/mol. The van der Waals surface area contributed by atoms with Gasteiger partial charge >= 0.3 is 0 Å². The van der Waals surface area contributed by atoms with Crippen molar-refractivity contribution in [3.63, 3.8) is 0 Å². The van der Waals surface area contributed by atoms with Gasteiger partial charge in [-0.15, -0.1) is 10.2 Å². The number of nitrogens with one attached hydrogen (secondary N) is 1. The van der Waals surface area contributed by atoms with E-state index in [1.54, 1.807) is 6.07 Å². The number of benzene rings is 1. The highest BCUT2D eigenvalue weighted by Gasteiger charge is 2.17. The van der Waals surface area contributed by atoms with Crippen LogP contribution in [-0.2, 0) is 6.54 Å². The highest BCUT2D eigenvalue weighted by Crippen LogP contribution is 2.18. The Balaban J connectivity index is 1.58. The van der Waals surface area contributed by atoms with Crippen LogP contribution in [0.4, 0.5) is 5.82 Å². The Bertz CT molecular complexity index is 664. The molecule has 1 fully saturated rings. The van der Waals surface area contributed by atoms with Crippen molar-refractivity contribution in [1.82, 2.24) is 15.5 Å². The highest BCUT2D eigenvalue weighted by molar-refractivity contribution is 5.92. The van der Waals surface area contributed by atoms with E-state index in [9.17, 15) is 4.79 Å². The lowest BCUT2D eigenvalue weighted by atomic mass is 10.1. The molecule has 1 N–H and O–H groups in total. The molecule has 2 aromatic rings. The molecule has 0 saturated heterocycles. The molecule has 5 nitrogen and oxygen atoms in total. The maximum Gasteiger partial charge on any atom is 0.272 e. The smallest absolute Gasteiger partial charge is 0.272 e. The van der Waals surface area contributed by atoms with Gasteiger partial charge in [0.15, 0.2) is 11.5 Å². The fourth-order valence-corrected chi connectivity index (χ4v) is 3.27. The lowest BCUT2D eigenvalue weighted by molar-refractivity contribution is 0.0927. The summed E-state index contributed by atoms with van der Waals surface area (Å²) in [5, 5.41) is 11.5. The van der Waals surface area contributed by atoms with Crippen molar-refractivity contribution in [3.8, 4) is 0 Å². The number of hydrogen-bond donors (Lipinski definition) is 1. The molecule has 1 aromatic heterocycles. The Hall–Kier alpha value is -2.43. The minimum absolute atomic E-state index is 0.114. The summed E-state index contributed by atoms with van der Waals surface area (Å²) in [6, 6.07) is 14.1. The fraction of sp³-hybridized carbons (Fsp3) is 0.450. The number of nitrogens with zero attached hydrogens (tertiary/aromatic N) is 3. The van der Waals surface area contributed by atoms with E-state index in [1.807, 2.05) is 36.2 Å². The van der Waals surface area contributed by atoms with Gasteiger partial charge < -0.3 is 10.2 Å². The van der Waals surface area contributed by atoms with Crippen LogP contribution in [0.3, 0.4) is 0 Å². The highest BCUT2D eigenvalue weighted by atomic mass is 16.2. The molecule has 1 amide bonds. The third kappa shape index (κ3) is 5.02. The predicted octanol–water partition coefficient (Wildman–Crippen LogP) is 3.57. The number of hydrogen-bond acceptors (Lipinski definition) is 4. The van der Waals surface area contributed by atoms with Crippen LogP contribution in [-0.4, -0.2) is 29.2 Å². The normalized spacial score (nSPS) is 15.4. The van der Waals surface area contributed by atoms with Crippen molar-refractivity contribution >= 4 is 11.7 Å². The number of aromatic nitrogens is 2. The van der Waals surface area contributed by atoms with E-state index in [4.69, 9.17) is 0 Å². The van der Waals surface area contributed by atoms with E-state index in [0.717, 1.165) is 25.2 Å². The molecule has 1 saturated carbocycles. The van der Waals surface area contributed by atoms with Crippen LogP contribution < -0.4 is 10.2 Å². The third-order valence-corrected chi connectivity index (χ3v) is 4.73. The largest absolute Gasteiger partial charge is 0.354 e. The zero-order valence-corrected chi connectivity index (χ0v) is 14.8. The average Bonchev–Trinajstić information content (AvgIpc) is 2.91. The van der Waals surface area contributed by atoms with Crippen LogP contribution in [0.2, 0.25) is 0 Å². The summed E-state index contributed by atoms with van der Waals surface area (Å²) >= 11 is 0. The van der Waals surface area contributed by atoms with Crippen LogP contribution in [0, 0.1) is 0 Å². The van der Waals surface area contributed by atoms with Crippen molar-refractivity contribution in [2.75, 3.05) is 11.9 Å². The molecule has 1 aliphatic carbocycles. The Morgan fingerprint density at radius 2 is 1.76 bits per heavy atom. The molecule has 1 aromatic carbocycles. The van der Waals surface area contributed by atoms with Crippen molar-refractivity contribution < 1.29 is 4.79 Å². The van der Waals surface area contributed by atoms with E-state index < -0.39 is 0 Å². The molecule has 0 spiro atoms. The van der Waals surface area contributed by atoms with Gasteiger partial charge in [-0.05, 0) is 30.5 Å². The Morgan fingerprint density at radius 1 is 1.04 bits per heavy atom. The fourth-order valence-electron chi connectivity index (χ4n) is 3.27. The van der Waals surface area contributed by atoms with Gasteiger partial charge in [-0.3, -0.25) is 4.79 Å². The summed E-state index contributed by atoms with van der Waals surface area (Å²) in [7, 11) is 1.97. The van der Waals surface area contributed by atoms with Gasteiger partial charge in [0.1, 0.15) is 0 Å². The number of anilines is 1. The second kappa shape index (κ2) is 8.60. The van der Waals surface area contributed by atoms with Crippen LogP contribution in [0.1, 0.15) is 54.6 Å². The van der Waals surface area contributed by atoms with Gasteiger partial charge in [-0.1, -0.05) is 56.0 Å². The summed E-state index contributed by atoms with van der Waals surface area (Å²) in [4.78, 5) is 14.4. The number of rotatable bonds is 5. The van der Waals surface area contributed by atoms with E-state index in [0.29, 0.717) is 5.69 Å². The van der Waals surface area contributed by atoms with Gasteiger partial charge in [-0.25, -0.2) is 0 Å². The van der Waals surface area contributed by atoms with E-state index in [2.05, 4.69) is 27.6 Å². The summed E-state index contributed by atoms with van der Waals surface area (Å²) < 4.78 is 0. The van der Waals surface area contributed by atoms with Gasteiger partial charge in [0.2, 0.25) is 0 Å². The van der Waals surface area contributed by atoms with Crippen LogP contribution in [0.25, 0.3) is 0 Å². The Morgan fingerprint density at radius 3 is 2.40 bits per heavy atom. The first-order valence-electron chi connectivity index (χ1n) is 9.12. The maximum atomic E-state index is 12.4. The molecule has 0 unspecified atom stereocenters. The summed E-state index contributed by atoms with van der Waals surface area (Å²) in [5.74, 6) is 0.645. The second-order valence-corrected chi connectivity index (χ2v) is 6.78. The molecule has 5 heteroatoms. The molecule has 0 radical (unpaired) electrons. The quantitative estimate of drug-likeness (QED) is 0.847. The van der Waals surface area contributed by atoms with E-state index >= 15 is 0 Å². The molecule has 3 rings (SSSR count). The summed E-state index contributed by atoms with van der Waals surface area (Å²) in [6.07, 6.45) is 7.07. The van der Waals surface area contributed by atoms with Crippen molar-refractivity contribution in [3.05, 3.63) is 53.7 Å². The molecule has 132 valence electrons. The lowest BCUT2D eigenvalue weighted by Gasteiger charge is -2.18. The van der Waals surface area contributed by atoms with Gasteiger partial charge in [0.25, 0.3) is 5.91 Å². The standard InChI is InChI=1S/C20H26N4O/c1-24(15-16-9-5-4-6-10-16)19-14-13-18(22-23-19)20(25)21-17-11-7-2-3-8-12-17/h4-6,9-10,13-14,17H,2-3,7-8,11-12,15H2,1H3,(H,21,25). The number of carbonyl (C=O) groups is 1. The van der Waals surface area contributed by atoms with Crippen molar-refractivity contribution in [1.29, 1.82) is 0 Å². The molecular weight excluding hydrogens is 312 g/mol. The van der Waals surface area contributed by atoms with Crippen LogP contribution >= 0.6 is 0 Å². The minimum Gasteiger partial charge on any atom is -0.354 e. The molecule has 1 heterocycles. The monoisotopic (exact) mass is 338 g/mol. The molecule has 0 bridgehead atoms. The topological polar surface area (TPSA) is 58.1 Å². The van der Waals surface area contributed by atoms with Gasteiger partial charge in [0, 0.05) is 19.6 Å². The first kappa shape index (κ1) is 17.4. The van der Waals surface area contributed by atoms with Crippen molar-refractivity contribution in [2.24, 2.45) is 0 Å². The van der Waals surface area contributed by atoms with Crippen LogP contribution in [0.15, 0.2) is 42.5 Å². The number of amides is 1. The lowest BCUT2D eigenvalue weighted by Crippen LogP contribution is -2.35. The zero-order chi connectivity index (χ0) is 17.5. The van der Waals surface area contributed by atoms with E-state index in [1.165, 1.54) is 31.2 Å². The van der Waals surface area contributed by atoms with E-state index in [-0.39, 0.29) is 11.9 Å². The third-order valence-electron chi connectivity index (χ3n) is 4.73. The Kier molecular flexibility index (Phi) is 5.99. The van der Waals surface area contributed by atoms with Crippen LogP contribution in [0.5, 0.6) is 0 Å². The summed E-state index contributed by atoms with van der Waals surface area (Å²) in [5.41, 5.74) is 1.60. The average molecular weight is 338 g/mol. The molecule has 0 aliphatic heterocycles. The molecule has 25 heavy (non-hydrogen) atoms. The maximum absolute atomic E-state index is 12.4. The molecular formula is C20H26N4O. The number of carbonyl (C=O) groups excluding carboxylic acids is 1. The summed E-state index contributed by atoms with van der Waals surface area (Å²) in [6.45, 7) is 0.753. The zero-order valence-electron chi connectivity index (χ0n) is 14.8. The second-order valence-electron chi connectivity index (χ2n) is 6.78. The first-order valence-corrected chi connectivity index (χ1v) is 9.12. The van der Waals surface area contributed by atoms with Gasteiger partial charge in [-0.2, -0.15) is 0 Å². The Labute approximate surface area is 149 Å². The molecule has 0 atom stereocenters. The SMILES string of the molecule is CN(Cc1ccccc1)c1ccc(C(=O)NC2CCCCCC2)nn1. The van der Waals surface area contributed by atoms with Crippen molar-refractivity contribution in [2.45, 2.75) is 51.1 Å². The first-order chi connectivity index (χ1) is 12.2. The molecule has 1 aliphatic rings. The minimum atomic E-state index is -0.114.